The van der Waals surface area contributed by atoms with E-state index >= 15 is 0 Å². The maximum atomic E-state index is 10.9. The summed E-state index contributed by atoms with van der Waals surface area (Å²) in [6, 6.07) is 5.82. The minimum atomic E-state index is -0.838. The van der Waals surface area contributed by atoms with Crippen LogP contribution >= 0.6 is 0 Å². The van der Waals surface area contributed by atoms with Crippen LogP contribution in [0.4, 0.5) is 5.69 Å². The van der Waals surface area contributed by atoms with Crippen molar-refractivity contribution in [1.29, 1.82) is 0 Å². The van der Waals surface area contributed by atoms with Gasteiger partial charge in [-0.25, -0.2) is 0 Å². The van der Waals surface area contributed by atoms with Gasteiger partial charge < -0.3 is 5.11 Å². The molecule has 0 aromatic heterocycles. The quantitative estimate of drug-likeness (QED) is 0.803. The molecule has 3 nitrogen and oxygen atoms in total. The van der Waals surface area contributed by atoms with E-state index in [-0.39, 0.29) is 0 Å². The Morgan fingerprint density at radius 1 is 1.47 bits per heavy atom. The van der Waals surface area contributed by atoms with Crippen molar-refractivity contribution < 1.29 is 9.90 Å². The van der Waals surface area contributed by atoms with Gasteiger partial charge in [-0.2, -0.15) is 0 Å². The van der Waals surface area contributed by atoms with E-state index in [1.807, 2.05) is 18.2 Å². The molecule has 15 heavy (non-hydrogen) atoms. The molecular formula is C12H13NO2. The monoisotopic (exact) mass is 203 g/mol. The summed E-state index contributed by atoms with van der Waals surface area (Å²) in [7, 11) is 0. The summed E-state index contributed by atoms with van der Waals surface area (Å²) in [6.45, 7) is 4.21. The molecule has 0 fully saturated rings. The van der Waals surface area contributed by atoms with Crippen LogP contribution in [0.2, 0.25) is 0 Å². The van der Waals surface area contributed by atoms with E-state index in [4.69, 9.17) is 5.11 Å². The Kier molecular flexibility index (Phi) is 2.31. The summed E-state index contributed by atoms with van der Waals surface area (Å²) >= 11 is 0. The number of rotatable bonds is 2. The van der Waals surface area contributed by atoms with Gasteiger partial charge in [0.2, 0.25) is 0 Å². The van der Waals surface area contributed by atoms with Crippen molar-refractivity contribution >= 4 is 17.9 Å². The Morgan fingerprint density at radius 3 is 2.80 bits per heavy atom. The lowest BCUT2D eigenvalue weighted by Crippen LogP contribution is -2.09. The number of aliphatic imine (C=N–C) groups is 1. The predicted octanol–water partition coefficient (Wildman–Crippen LogP) is 2.69. The molecule has 1 N–H and O–H groups in total. The standard InChI is InChI=1S/C12H13NO2/c1-7(2)8-3-4-9-10(12(14)15)6-13-11(9)5-8/h3-7,10H,1-2H3,(H,14,15). The largest absolute Gasteiger partial charge is 0.481 e. The minimum Gasteiger partial charge on any atom is -0.481 e. The fourth-order valence-electron chi connectivity index (χ4n) is 1.73. The maximum absolute atomic E-state index is 10.9. The third-order valence-corrected chi connectivity index (χ3v) is 2.68. The van der Waals surface area contributed by atoms with Gasteiger partial charge >= 0.3 is 5.97 Å². The Bertz CT molecular complexity index is 435. The Labute approximate surface area is 88.5 Å². The van der Waals surface area contributed by atoms with E-state index in [0.717, 1.165) is 11.3 Å². The van der Waals surface area contributed by atoms with Gasteiger partial charge in [-0.3, -0.25) is 9.79 Å². The summed E-state index contributed by atoms with van der Waals surface area (Å²) in [4.78, 5) is 15.0. The van der Waals surface area contributed by atoms with Gasteiger partial charge in [0.1, 0.15) is 5.92 Å². The first-order valence-corrected chi connectivity index (χ1v) is 5.00. The molecule has 0 saturated heterocycles. The molecule has 0 saturated carbocycles. The molecule has 1 aromatic rings. The lowest BCUT2D eigenvalue weighted by atomic mass is 9.96. The summed E-state index contributed by atoms with van der Waals surface area (Å²) in [5.74, 6) is -0.967. The van der Waals surface area contributed by atoms with Crippen LogP contribution in [-0.4, -0.2) is 17.3 Å². The lowest BCUT2D eigenvalue weighted by molar-refractivity contribution is -0.136. The first kappa shape index (κ1) is 9.90. The number of benzene rings is 1. The number of fused-ring (bicyclic) bond motifs is 1. The van der Waals surface area contributed by atoms with Crippen LogP contribution in [0.3, 0.4) is 0 Å². The number of carbonyl (C=O) groups is 1. The molecule has 0 spiro atoms. The number of hydrogen-bond acceptors (Lipinski definition) is 2. The van der Waals surface area contributed by atoms with Gasteiger partial charge in [0, 0.05) is 6.21 Å². The third kappa shape index (κ3) is 1.65. The van der Waals surface area contributed by atoms with E-state index < -0.39 is 11.9 Å². The summed E-state index contributed by atoms with van der Waals surface area (Å²) in [6.07, 6.45) is 1.50. The van der Waals surface area contributed by atoms with Crippen LogP contribution < -0.4 is 0 Å². The van der Waals surface area contributed by atoms with Crippen molar-refractivity contribution in [3.8, 4) is 0 Å². The SMILES string of the molecule is CC(C)c1ccc2c(c1)N=CC2C(=O)O. The predicted molar refractivity (Wildman–Crippen MR) is 59.1 cm³/mol. The molecule has 0 bridgehead atoms. The fourth-order valence-corrected chi connectivity index (χ4v) is 1.73. The van der Waals surface area contributed by atoms with Gasteiger partial charge in [-0.1, -0.05) is 26.0 Å². The molecule has 0 aliphatic carbocycles. The van der Waals surface area contributed by atoms with Crippen LogP contribution in [0.15, 0.2) is 23.2 Å². The second-order valence-corrected chi connectivity index (χ2v) is 4.07. The molecule has 2 rings (SSSR count). The molecule has 1 atom stereocenters. The van der Waals surface area contributed by atoms with Gasteiger partial charge in [-0.15, -0.1) is 0 Å². The molecule has 1 unspecified atom stereocenters. The Morgan fingerprint density at radius 2 is 2.20 bits per heavy atom. The van der Waals surface area contributed by atoms with Crippen LogP contribution in [0.1, 0.15) is 36.8 Å². The summed E-state index contributed by atoms with van der Waals surface area (Å²) in [5, 5.41) is 8.95. The minimum absolute atomic E-state index is 0.439. The van der Waals surface area contributed by atoms with E-state index in [9.17, 15) is 4.79 Å². The number of hydrogen-bond donors (Lipinski definition) is 1. The fraction of sp³-hybridized carbons (Fsp3) is 0.333. The zero-order chi connectivity index (χ0) is 11.0. The van der Waals surface area contributed by atoms with E-state index in [1.54, 1.807) is 0 Å². The molecule has 0 amide bonds. The van der Waals surface area contributed by atoms with Crippen molar-refractivity contribution in [2.45, 2.75) is 25.7 Å². The molecule has 78 valence electrons. The van der Waals surface area contributed by atoms with E-state index in [2.05, 4.69) is 18.8 Å². The number of nitrogens with zero attached hydrogens (tertiary/aromatic N) is 1. The van der Waals surface area contributed by atoms with Crippen LogP contribution in [-0.2, 0) is 4.79 Å². The van der Waals surface area contributed by atoms with Gasteiger partial charge in [-0.05, 0) is 23.1 Å². The summed E-state index contributed by atoms with van der Waals surface area (Å²) < 4.78 is 0. The number of carboxylic acid groups (broad SMARTS) is 1. The molecule has 1 aliphatic heterocycles. The summed E-state index contributed by atoms with van der Waals surface area (Å²) in [5.41, 5.74) is 2.79. The first-order valence-electron chi connectivity index (χ1n) is 5.00. The van der Waals surface area contributed by atoms with E-state index in [1.165, 1.54) is 11.8 Å². The highest BCUT2D eigenvalue weighted by Crippen LogP contribution is 2.34. The van der Waals surface area contributed by atoms with Crippen molar-refractivity contribution in [3.63, 3.8) is 0 Å². The second kappa shape index (κ2) is 3.50. The Balaban J connectivity index is 2.42. The molecular weight excluding hydrogens is 190 g/mol. The molecule has 0 radical (unpaired) electrons. The van der Waals surface area contributed by atoms with Crippen LogP contribution in [0.25, 0.3) is 0 Å². The van der Waals surface area contributed by atoms with Crippen molar-refractivity contribution in [2.24, 2.45) is 4.99 Å². The Hall–Kier alpha value is -1.64. The first-order chi connectivity index (χ1) is 7.09. The van der Waals surface area contributed by atoms with Crippen molar-refractivity contribution in [3.05, 3.63) is 29.3 Å². The highest BCUT2D eigenvalue weighted by Gasteiger charge is 2.25. The van der Waals surface area contributed by atoms with E-state index in [0.29, 0.717) is 5.92 Å². The molecule has 1 heterocycles. The smallest absolute Gasteiger partial charge is 0.316 e. The normalized spacial score (nSPS) is 18.2. The zero-order valence-corrected chi connectivity index (χ0v) is 8.77. The number of aliphatic carboxylic acids is 1. The molecule has 3 heteroatoms. The highest BCUT2D eigenvalue weighted by atomic mass is 16.4. The van der Waals surface area contributed by atoms with Gasteiger partial charge in [0.25, 0.3) is 0 Å². The molecule has 1 aliphatic rings. The zero-order valence-electron chi connectivity index (χ0n) is 8.77. The van der Waals surface area contributed by atoms with Crippen LogP contribution in [0.5, 0.6) is 0 Å². The second-order valence-electron chi connectivity index (χ2n) is 4.07. The average molecular weight is 203 g/mol. The van der Waals surface area contributed by atoms with Crippen molar-refractivity contribution in [2.75, 3.05) is 0 Å². The van der Waals surface area contributed by atoms with Gasteiger partial charge in [0.05, 0.1) is 5.69 Å². The third-order valence-electron chi connectivity index (χ3n) is 2.68. The number of carboxylic acids is 1. The van der Waals surface area contributed by atoms with Crippen LogP contribution in [0, 0.1) is 0 Å². The average Bonchev–Trinajstić information content (AvgIpc) is 2.59. The maximum Gasteiger partial charge on any atom is 0.316 e. The van der Waals surface area contributed by atoms with Crippen molar-refractivity contribution in [1.82, 2.24) is 0 Å². The highest BCUT2D eigenvalue weighted by molar-refractivity contribution is 6.00. The molecule has 1 aromatic carbocycles. The topological polar surface area (TPSA) is 49.7 Å². The van der Waals surface area contributed by atoms with Gasteiger partial charge in [0.15, 0.2) is 0 Å². The lowest BCUT2D eigenvalue weighted by Gasteiger charge is -2.08.